The van der Waals surface area contributed by atoms with Gasteiger partial charge in [0.05, 0.1) is 0 Å². The fraction of sp³-hybridized carbons (Fsp3) is 0.189. The van der Waals surface area contributed by atoms with Crippen LogP contribution in [0.4, 0.5) is 0 Å². The second-order valence-electron chi connectivity index (χ2n) is 21.5. The zero-order chi connectivity index (χ0) is 57.9. The first kappa shape index (κ1) is 50.2. The predicted octanol–water partition coefficient (Wildman–Crippen LogP) is 16.4. The Hall–Kier alpha value is -8.60. The van der Waals surface area contributed by atoms with E-state index in [4.69, 9.17) is 4.11 Å². The van der Waals surface area contributed by atoms with Crippen LogP contribution in [0, 0.1) is 69.2 Å². The molecule has 0 atom stereocenters. The van der Waals surface area contributed by atoms with Crippen molar-refractivity contribution in [1.29, 1.82) is 0 Å². The van der Waals surface area contributed by atoms with Gasteiger partial charge in [-0.25, -0.2) is 18.3 Å². The molecule has 0 aliphatic heterocycles. The number of benzene rings is 8. The van der Waals surface area contributed by atoms with Gasteiger partial charge in [0.2, 0.25) is 22.8 Å². The van der Waals surface area contributed by atoms with E-state index in [0.29, 0.717) is 5.56 Å². The summed E-state index contributed by atoms with van der Waals surface area (Å²) in [6.45, 7) is 17.3. The third kappa shape index (κ3) is 12.0. The van der Waals surface area contributed by atoms with E-state index in [1.165, 1.54) is 121 Å². The zero-order valence-corrected chi connectivity index (χ0v) is 47.9. The highest BCUT2D eigenvalue weighted by Crippen LogP contribution is 2.30. The number of nitrogens with zero attached hydrogens (tertiary/aromatic N) is 4. The van der Waals surface area contributed by atoms with Gasteiger partial charge in [0.25, 0.3) is 0 Å². The summed E-state index contributed by atoms with van der Waals surface area (Å²) in [7, 11) is 8.37. The van der Waals surface area contributed by atoms with Crippen molar-refractivity contribution in [3.05, 3.63) is 262 Å². The molecule has 0 N–H and O–H groups in total. The van der Waals surface area contributed by atoms with Crippen molar-refractivity contribution < 1.29 is 22.4 Å². The molecule has 78 heavy (non-hydrogen) atoms. The first-order chi connectivity index (χ1) is 38.6. The number of aromatic nitrogens is 4. The minimum absolute atomic E-state index is 0.386. The minimum atomic E-state index is -2.06. The van der Waals surface area contributed by atoms with Crippen LogP contribution < -0.4 is 18.3 Å². The topological polar surface area (TPSA) is 15.5 Å². The lowest BCUT2D eigenvalue weighted by Gasteiger charge is -2.10. The van der Waals surface area contributed by atoms with Crippen LogP contribution in [0.5, 0.6) is 0 Å². The number of aryl methyl sites for hydroxylation is 12. The molecule has 4 nitrogen and oxygen atoms in total. The van der Waals surface area contributed by atoms with Crippen LogP contribution in [0.3, 0.4) is 0 Å². The van der Waals surface area contributed by atoms with Gasteiger partial charge in [0, 0.05) is 72.2 Å². The summed E-state index contributed by atoms with van der Waals surface area (Å²) in [4.78, 5) is 0. The maximum atomic E-state index is 7.52. The smallest absolute Gasteiger partial charge is 0.200 e. The van der Waals surface area contributed by atoms with Gasteiger partial charge in [0.1, 0.15) is 28.2 Å². The van der Waals surface area contributed by atoms with Gasteiger partial charge in [-0.15, -0.1) is 0 Å². The maximum Gasteiger partial charge on any atom is 0.213 e. The van der Waals surface area contributed by atoms with Crippen molar-refractivity contribution in [1.82, 2.24) is 0 Å². The molecule has 0 bridgehead atoms. The van der Waals surface area contributed by atoms with Crippen LogP contribution in [-0.4, -0.2) is 0 Å². The van der Waals surface area contributed by atoms with Crippen molar-refractivity contribution in [2.75, 3.05) is 0 Å². The Bertz CT molecular complexity index is 4180. The summed E-state index contributed by atoms with van der Waals surface area (Å²) in [6.07, 6.45) is 8.72. The molecular formula is C74H76N4+4. The molecule has 12 rings (SSSR count). The molecule has 0 saturated carbocycles. The number of fused-ring (bicyclic) bond motifs is 4. The Balaban J connectivity index is 0.000000131. The van der Waals surface area contributed by atoms with Gasteiger partial charge in [-0.05, 0) is 173 Å². The van der Waals surface area contributed by atoms with Gasteiger partial charge in [-0.1, -0.05) is 131 Å². The predicted molar refractivity (Wildman–Crippen MR) is 330 cm³/mol. The lowest BCUT2D eigenvalue weighted by Crippen LogP contribution is -2.30. The van der Waals surface area contributed by atoms with Crippen LogP contribution in [0.15, 0.2) is 207 Å². The molecule has 12 aromatic rings. The first-order valence-corrected chi connectivity index (χ1v) is 27.0. The Morgan fingerprint density at radius 2 is 0.526 bits per heavy atom. The SMILES string of the molecule is Cc1cc(C)c(C)c(-c2cc3ccccc3c[n+]2C)c1.Cc1cc(C)c(C)c(-c2cc3ccccc3c[n+]2C)c1.Cc1ccc(-c2cc3ccccc3c[n+]2C)c(C)c1.[2H]C([2H])([2H])c1ccc(-c2cc3ccccc3c[n+]2C)c(C)c1. The van der Waals surface area contributed by atoms with Gasteiger partial charge in [-0.2, -0.15) is 0 Å². The summed E-state index contributed by atoms with van der Waals surface area (Å²) in [6, 6.07) is 63.8. The maximum absolute atomic E-state index is 7.52. The number of hydrogen-bond acceptors (Lipinski definition) is 0. The number of rotatable bonds is 4. The van der Waals surface area contributed by atoms with Gasteiger partial charge >= 0.3 is 0 Å². The third-order valence-electron chi connectivity index (χ3n) is 15.3. The zero-order valence-electron chi connectivity index (χ0n) is 50.9. The van der Waals surface area contributed by atoms with Crippen molar-refractivity contribution in [3.63, 3.8) is 0 Å². The van der Waals surface area contributed by atoms with E-state index in [2.05, 4.69) is 271 Å². The Morgan fingerprint density at radius 1 is 0.256 bits per heavy atom. The molecule has 0 aliphatic carbocycles. The third-order valence-corrected chi connectivity index (χ3v) is 15.3. The summed E-state index contributed by atoms with van der Waals surface area (Å²) < 4.78 is 31.3. The summed E-state index contributed by atoms with van der Waals surface area (Å²) in [5.74, 6) is 0. The first-order valence-electron chi connectivity index (χ1n) is 28.5. The van der Waals surface area contributed by atoms with Crippen LogP contribution >= 0.6 is 0 Å². The molecule has 0 spiro atoms. The molecule has 0 radical (unpaired) electrons. The molecule has 0 aliphatic rings. The number of pyridine rings is 4. The lowest BCUT2D eigenvalue weighted by molar-refractivity contribution is -0.659. The highest BCUT2D eigenvalue weighted by molar-refractivity contribution is 5.87. The average Bonchev–Trinajstić information content (AvgIpc) is 3.49. The summed E-state index contributed by atoms with van der Waals surface area (Å²) in [5.41, 5.74) is 22.0. The van der Waals surface area contributed by atoms with Crippen molar-refractivity contribution in [2.45, 2.75) is 69.2 Å². The normalized spacial score (nSPS) is 11.7. The molecule has 4 aromatic heterocycles. The molecule has 0 fully saturated rings. The van der Waals surface area contributed by atoms with Gasteiger partial charge in [-0.3, -0.25) is 0 Å². The quantitative estimate of drug-likeness (QED) is 0.156. The summed E-state index contributed by atoms with van der Waals surface area (Å²) >= 11 is 0. The van der Waals surface area contributed by atoms with E-state index in [9.17, 15) is 0 Å². The lowest BCUT2D eigenvalue weighted by atomic mass is 9.96. The minimum Gasteiger partial charge on any atom is -0.200 e. The van der Waals surface area contributed by atoms with E-state index in [1.807, 2.05) is 32.2 Å². The highest BCUT2D eigenvalue weighted by atomic mass is 14.9. The van der Waals surface area contributed by atoms with E-state index in [1.54, 1.807) is 12.1 Å². The van der Waals surface area contributed by atoms with Crippen molar-refractivity contribution in [3.8, 4) is 45.0 Å². The van der Waals surface area contributed by atoms with E-state index < -0.39 is 6.85 Å². The molecule has 4 heterocycles. The van der Waals surface area contributed by atoms with Gasteiger partial charge < -0.3 is 0 Å². The van der Waals surface area contributed by atoms with Gasteiger partial charge in [0.15, 0.2) is 24.8 Å². The molecule has 8 aromatic carbocycles. The standard InChI is InChI=1S/2C19H20N.2C18H18N/c2*1-13-9-14(2)15(3)18(10-13)19-11-16-7-5-6-8-17(16)12-20(19)4;2*1-13-8-9-17(14(2)10-13)18-11-15-6-4-5-7-16(15)12-19(18)3/h2*5-12H,1-4H3;2*4-12H,1-3H3/q4*+1/i;;1D3;. The molecular weight excluding hydrogens is 945 g/mol. The highest BCUT2D eigenvalue weighted by Gasteiger charge is 2.19. The molecule has 0 unspecified atom stereocenters. The van der Waals surface area contributed by atoms with Crippen LogP contribution in [0.25, 0.3) is 88.1 Å². The van der Waals surface area contributed by atoms with Crippen LogP contribution in [0.2, 0.25) is 0 Å². The molecule has 0 saturated heterocycles. The average molecular weight is 1020 g/mol. The Labute approximate surface area is 468 Å². The Morgan fingerprint density at radius 3 is 0.833 bits per heavy atom. The fourth-order valence-electron chi connectivity index (χ4n) is 10.9. The second-order valence-corrected chi connectivity index (χ2v) is 21.5. The van der Waals surface area contributed by atoms with E-state index in [-0.39, 0.29) is 0 Å². The largest absolute Gasteiger partial charge is 0.213 e. The van der Waals surface area contributed by atoms with Crippen LogP contribution in [0.1, 0.15) is 59.7 Å². The molecule has 0 amide bonds. The molecule has 4 heteroatoms. The van der Waals surface area contributed by atoms with E-state index >= 15 is 0 Å². The second kappa shape index (κ2) is 23.3. The van der Waals surface area contributed by atoms with E-state index in [0.717, 1.165) is 16.8 Å². The molecule has 388 valence electrons. The van der Waals surface area contributed by atoms with Crippen LogP contribution in [-0.2, 0) is 28.2 Å². The van der Waals surface area contributed by atoms with Crippen molar-refractivity contribution >= 4 is 43.1 Å². The van der Waals surface area contributed by atoms with Crippen molar-refractivity contribution in [2.24, 2.45) is 28.2 Å². The summed E-state index contributed by atoms with van der Waals surface area (Å²) in [5, 5.41) is 10.1. The number of hydrogen-bond donors (Lipinski definition) is 0. The fourth-order valence-corrected chi connectivity index (χ4v) is 10.9. The Kier molecular flexibility index (Phi) is 15.0. The monoisotopic (exact) mass is 1020 g/mol.